The Morgan fingerprint density at radius 2 is 1.94 bits per heavy atom. The number of rotatable bonds is 4. The Hall–Kier alpha value is -0.690. The summed E-state index contributed by atoms with van der Waals surface area (Å²) >= 11 is 1.85. The van der Waals surface area contributed by atoms with E-state index in [-0.39, 0.29) is 10.7 Å². The molecule has 0 spiro atoms. The van der Waals surface area contributed by atoms with Crippen molar-refractivity contribution in [3.8, 4) is 6.07 Å². The van der Waals surface area contributed by atoms with Crippen molar-refractivity contribution in [1.29, 1.82) is 5.26 Å². The first-order valence-corrected chi connectivity index (χ1v) is 7.64. The Morgan fingerprint density at radius 3 is 2.35 bits per heavy atom. The van der Waals surface area contributed by atoms with Gasteiger partial charge in [-0.2, -0.15) is 17.0 Å². The van der Waals surface area contributed by atoms with Gasteiger partial charge in [0.2, 0.25) is 5.91 Å². The van der Waals surface area contributed by atoms with Gasteiger partial charge in [0.25, 0.3) is 0 Å². The van der Waals surface area contributed by atoms with Crippen molar-refractivity contribution in [2.75, 3.05) is 12.8 Å². The van der Waals surface area contributed by atoms with E-state index in [2.05, 4.69) is 17.6 Å². The summed E-state index contributed by atoms with van der Waals surface area (Å²) in [7, 11) is 0. The van der Waals surface area contributed by atoms with E-state index in [9.17, 15) is 10.1 Å². The molecule has 0 atom stereocenters. The van der Waals surface area contributed by atoms with Crippen LogP contribution in [0, 0.1) is 16.7 Å². The van der Waals surface area contributed by atoms with E-state index in [0.29, 0.717) is 0 Å². The minimum Gasteiger partial charge on any atom is -0.353 e. The second-order valence-corrected chi connectivity index (χ2v) is 6.60. The first-order valence-electron chi connectivity index (χ1n) is 6.41. The molecule has 2 aliphatic rings. The number of nitriles is 1. The lowest BCUT2D eigenvalue weighted by atomic mass is 9.83. The summed E-state index contributed by atoms with van der Waals surface area (Å²) in [4.78, 5) is 12.2. The Labute approximate surface area is 107 Å². The van der Waals surface area contributed by atoms with Crippen molar-refractivity contribution in [1.82, 2.24) is 5.32 Å². The third-order valence-corrected chi connectivity index (χ3v) is 5.79. The van der Waals surface area contributed by atoms with Gasteiger partial charge in [-0.05, 0) is 31.9 Å². The molecule has 0 unspecified atom stereocenters. The molecule has 2 rings (SSSR count). The molecule has 0 aromatic rings. The van der Waals surface area contributed by atoms with Gasteiger partial charge in [0.1, 0.15) is 5.41 Å². The number of amides is 1. The van der Waals surface area contributed by atoms with Crippen LogP contribution in [0.15, 0.2) is 0 Å². The van der Waals surface area contributed by atoms with Gasteiger partial charge in [-0.1, -0.05) is 19.3 Å². The molecule has 1 amide bonds. The van der Waals surface area contributed by atoms with Gasteiger partial charge in [0, 0.05) is 11.3 Å². The highest BCUT2D eigenvalue weighted by Gasteiger charge is 2.43. The summed E-state index contributed by atoms with van der Waals surface area (Å²) in [5.74, 6) is -0.0298. The summed E-state index contributed by atoms with van der Waals surface area (Å²) in [5, 5.41) is 12.3. The molecule has 3 nitrogen and oxygen atoms in total. The van der Waals surface area contributed by atoms with Crippen LogP contribution in [0.2, 0.25) is 0 Å². The molecule has 0 saturated heterocycles. The van der Waals surface area contributed by atoms with E-state index >= 15 is 0 Å². The largest absolute Gasteiger partial charge is 0.353 e. The topological polar surface area (TPSA) is 52.9 Å². The summed E-state index contributed by atoms with van der Waals surface area (Å²) < 4.78 is 0.255. The Bertz CT molecular complexity index is 332. The normalized spacial score (nSPS) is 24.7. The zero-order valence-corrected chi connectivity index (χ0v) is 11.2. The lowest BCUT2D eigenvalue weighted by Gasteiger charge is -2.41. The fourth-order valence-electron chi connectivity index (χ4n) is 2.80. The number of carbonyl (C=O) groups is 1. The zero-order chi connectivity index (χ0) is 12.4. The lowest BCUT2D eigenvalue weighted by Crippen LogP contribution is -2.48. The first kappa shape index (κ1) is 12.8. The van der Waals surface area contributed by atoms with Gasteiger partial charge in [-0.15, -0.1) is 0 Å². The molecule has 1 N–H and O–H groups in total. The van der Waals surface area contributed by atoms with E-state index in [0.717, 1.165) is 32.2 Å². The van der Waals surface area contributed by atoms with Crippen molar-refractivity contribution in [3.05, 3.63) is 0 Å². The monoisotopic (exact) mass is 252 g/mol. The molecule has 0 bridgehead atoms. The van der Waals surface area contributed by atoms with Crippen LogP contribution in [-0.2, 0) is 4.79 Å². The maximum Gasteiger partial charge on any atom is 0.240 e. The van der Waals surface area contributed by atoms with E-state index in [1.165, 1.54) is 19.3 Å². The van der Waals surface area contributed by atoms with Crippen LogP contribution < -0.4 is 5.32 Å². The van der Waals surface area contributed by atoms with Crippen molar-refractivity contribution < 1.29 is 4.79 Å². The Balaban J connectivity index is 1.91. The van der Waals surface area contributed by atoms with Gasteiger partial charge in [-0.25, -0.2) is 0 Å². The summed E-state index contributed by atoms with van der Waals surface area (Å²) in [6.45, 7) is 0.733. The molecule has 0 radical (unpaired) electrons. The Morgan fingerprint density at radius 1 is 1.29 bits per heavy atom. The van der Waals surface area contributed by atoms with Gasteiger partial charge in [0.05, 0.1) is 6.07 Å². The molecule has 0 aliphatic heterocycles. The van der Waals surface area contributed by atoms with Gasteiger partial charge < -0.3 is 5.32 Å². The van der Waals surface area contributed by atoms with Crippen LogP contribution in [0.5, 0.6) is 0 Å². The molecule has 0 aromatic heterocycles. The quantitative estimate of drug-likeness (QED) is 0.836. The number of nitrogens with zero attached hydrogens (tertiary/aromatic N) is 1. The van der Waals surface area contributed by atoms with E-state index in [1.807, 2.05) is 11.8 Å². The van der Waals surface area contributed by atoms with Crippen molar-refractivity contribution in [2.24, 2.45) is 5.41 Å². The fourth-order valence-corrected chi connectivity index (χ4v) is 3.72. The molecule has 4 heteroatoms. The second-order valence-electron chi connectivity index (χ2n) is 5.32. The standard InChI is InChI=1S/C13H20N2OS/c1-17-13(7-4-8-13)10-15-11(16)12(9-14)5-2-3-6-12/h2-8,10H2,1H3,(H,15,16). The van der Waals surface area contributed by atoms with Crippen LogP contribution in [0.1, 0.15) is 44.9 Å². The van der Waals surface area contributed by atoms with Crippen LogP contribution in [-0.4, -0.2) is 23.5 Å². The van der Waals surface area contributed by atoms with Crippen LogP contribution in [0.3, 0.4) is 0 Å². The average molecular weight is 252 g/mol. The van der Waals surface area contributed by atoms with Crippen LogP contribution in [0.25, 0.3) is 0 Å². The van der Waals surface area contributed by atoms with E-state index in [1.54, 1.807) is 0 Å². The molecular formula is C13H20N2OS. The van der Waals surface area contributed by atoms with E-state index in [4.69, 9.17) is 0 Å². The highest BCUT2D eigenvalue weighted by Crippen LogP contribution is 2.43. The molecular weight excluding hydrogens is 232 g/mol. The first-order chi connectivity index (χ1) is 8.16. The maximum atomic E-state index is 12.2. The highest BCUT2D eigenvalue weighted by atomic mass is 32.2. The minimum absolute atomic E-state index is 0.0298. The third-order valence-electron chi connectivity index (χ3n) is 4.37. The van der Waals surface area contributed by atoms with Gasteiger partial charge in [-0.3, -0.25) is 4.79 Å². The maximum absolute atomic E-state index is 12.2. The van der Waals surface area contributed by atoms with Crippen LogP contribution in [0.4, 0.5) is 0 Å². The van der Waals surface area contributed by atoms with E-state index < -0.39 is 5.41 Å². The molecule has 94 valence electrons. The predicted octanol–water partition coefficient (Wildman–Crippen LogP) is 2.47. The molecule has 2 saturated carbocycles. The highest BCUT2D eigenvalue weighted by molar-refractivity contribution is 8.00. The number of nitrogens with one attached hydrogen (secondary N) is 1. The van der Waals surface area contributed by atoms with Crippen molar-refractivity contribution in [3.63, 3.8) is 0 Å². The second kappa shape index (κ2) is 4.89. The van der Waals surface area contributed by atoms with Gasteiger partial charge in [0.15, 0.2) is 0 Å². The molecule has 0 heterocycles. The predicted molar refractivity (Wildman–Crippen MR) is 69.6 cm³/mol. The summed E-state index contributed by atoms with van der Waals surface area (Å²) in [6.07, 6.45) is 9.25. The fraction of sp³-hybridized carbons (Fsp3) is 0.846. The number of hydrogen-bond acceptors (Lipinski definition) is 3. The van der Waals surface area contributed by atoms with Crippen LogP contribution >= 0.6 is 11.8 Å². The average Bonchev–Trinajstić information content (AvgIpc) is 2.77. The third kappa shape index (κ3) is 2.30. The molecule has 2 fully saturated rings. The number of thioether (sulfide) groups is 1. The Kier molecular flexibility index (Phi) is 3.67. The minimum atomic E-state index is -0.719. The molecule has 0 aromatic carbocycles. The van der Waals surface area contributed by atoms with Crippen molar-refractivity contribution in [2.45, 2.75) is 49.7 Å². The smallest absolute Gasteiger partial charge is 0.240 e. The number of carbonyl (C=O) groups excluding carboxylic acids is 1. The SMILES string of the molecule is CSC1(CNC(=O)C2(C#N)CCCC2)CCC1. The van der Waals surface area contributed by atoms with Crippen molar-refractivity contribution >= 4 is 17.7 Å². The van der Waals surface area contributed by atoms with Gasteiger partial charge >= 0.3 is 0 Å². The zero-order valence-electron chi connectivity index (χ0n) is 10.4. The molecule has 17 heavy (non-hydrogen) atoms. The summed E-state index contributed by atoms with van der Waals surface area (Å²) in [6, 6.07) is 2.25. The molecule has 2 aliphatic carbocycles. The lowest BCUT2D eigenvalue weighted by molar-refractivity contribution is -0.128. The summed E-state index contributed by atoms with van der Waals surface area (Å²) in [5.41, 5.74) is -0.719. The number of hydrogen-bond donors (Lipinski definition) is 1.